The number of piperidine rings is 1. The molecule has 0 bridgehead atoms. The lowest BCUT2D eigenvalue weighted by Crippen LogP contribution is -2.28. The summed E-state index contributed by atoms with van der Waals surface area (Å²) in [6.07, 6.45) is 2.20. The third-order valence-corrected chi connectivity index (χ3v) is 5.25. The molecule has 1 amide bonds. The molecule has 0 aliphatic carbocycles. The van der Waals surface area contributed by atoms with Crippen molar-refractivity contribution >= 4 is 28.6 Å². The number of nitrogens with two attached hydrogens (primary N) is 1. The Balaban J connectivity index is 1.79. The number of carbonyl (C=O) groups is 1. The fourth-order valence-corrected chi connectivity index (χ4v) is 3.78. The number of aromatic nitrogens is 1. The molecule has 7 heteroatoms. The molecular weight excluding hydrogens is 315 g/mol. The highest BCUT2D eigenvalue weighted by Crippen LogP contribution is 2.30. The Labute approximate surface area is 138 Å². The van der Waals surface area contributed by atoms with Crippen LogP contribution in [0.1, 0.15) is 39.1 Å². The lowest BCUT2D eigenvalue weighted by Gasteiger charge is -2.20. The summed E-state index contributed by atoms with van der Waals surface area (Å²) in [7, 11) is 0. The molecule has 4 N–H and O–H groups in total. The minimum absolute atomic E-state index is 0.281. The van der Waals surface area contributed by atoms with Crippen molar-refractivity contribution in [3.63, 3.8) is 0 Å². The fraction of sp³-hybridized carbons (Fsp3) is 0.375. The summed E-state index contributed by atoms with van der Waals surface area (Å²) in [5.74, 6) is -0.384. The molecule has 5 nitrogen and oxygen atoms in total. The highest BCUT2D eigenvalue weighted by atomic mass is 32.1. The van der Waals surface area contributed by atoms with Gasteiger partial charge in [-0.2, -0.15) is 0 Å². The van der Waals surface area contributed by atoms with Crippen LogP contribution in [0.25, 0.3) is 0 Å². The quantitative estimate of drug-likeness (QED) is 0.754. The van der Waals surface area contributed by atoms with Crippen LogP contribution < -0.4 is 16.4 Å². The molecule has 1 aliphatic rings. The van der Waals surface area contributed by atoms with Gasteiger partial charge in [0.2, 0.25) is 0 Å². The molecule has 1 unspecified atom stereocenters. The summed E-state index contributed by atoms with van der Waals surface area (Å²) >= 11 is 1.41. The first kappa shape index (κ1) is 15.9. The third kappa shape index (κ3) is 3.51. The molecule has 0 spiro atoms. The predicted molar refractivity (Wildman–Crippen MR) is 90.5 cm³/mol. The van der Waals surface area contributed by atoms with Crippen molar-refractivity contribution in [1.82, 2.24) is 10.3 Å². The highest BCUT2D eigenvalue weighted by molar-refractivity contribution is 7.14. The van der Waals surface area contributed by atoms with Crippen LogP contribution in [0.3, 0.4) is 0 Å². The SMILES string of the molecule is Cc1nc(C2CCCNC2)sc1C(=O)Nc1cc(F)ccc1N. The highest BCUT2D eigenvalue weighted by Gasteiger charge is 2.23. The summed E-state index contributed by atoms with van der Waals surface area (Å²) in [6.45, 7) is 3.75. The van der Waals surface area contributed by atoms with Crippen molar-refractivity contribution in [2.75, 3.05) is 24.1 Å². The molecule has 1 aromatic carbocycles. The van der Waals surface area contributed by atoms with Crippen LogP contribution in [0.4, 0.5) is 15.8 Å². The largest absolute Gasteiger partial charge is 0.397 e. The first-order valence-electron chi connectivity index (χ1n) is 7.59. The van der Waals surface area contributed by atoms with Gasteiger partial charge in [0.05, 0.1) is 22.1 Å². The number of nitrogens with zero attached hydrogens (tertiary/aromatic N) is 1. The molecule has 0 radical (unpaired) electrons. The van der Waals surface area contributed by atoms with E-state index in [4.69, 9.17) is 5.73 Å². The van der Waals surface area contributed by atoms with Gasteiger partial charge in [-0.05, 0) is 44.5 Å². The molecule has 1 atom stereocenters. The Bertz CT molecular complexity index is 725. The van der Waals surface area contributed by atoms with Gasteiger partial charge in [0.25, 0.3) is 5.91 Å². The number of hydrogen-bond acceptors (Lipinski definition) is 5. The van der Waals surface area contributed by atoms with Crippen LogP contribution in [0.15, 0.2) is 18.2 Å². The Morgan fingerprint density at radius 1 is 1.52 bits per heavy atom. The zero-order valence-corrected chi connectivity index (χ0v) is 13.7. The van der Waals surface area contributed by atoms with Crippen molar-refractivity contribution in [2.45, 2.75) is 25.7 Å². The number of amides is 1. The second-order valence-corrected chi connectivity index (χ2v) is 6.73. The summed E-state index contributed by atoms with van der Waals surface area (Å²) < 4.78 is 13.3. The maximum atomic E-state index is 13.3. The van der Waals surface area contributed by atoms with Gasteiger partial charge < -0.3 is 16.4 Å². The first-order chi connectivity index (χ1) is 11.0. The molecule has 1 aromatic heterocycles. The molecule has 1 saturated heterocycles. The van der Waals surface area contributed by atoms with Crippen molar-refractivity contribution in [3.05, 3.63) is 39.6 Å². The van der Waals surface area contributed by atoms with E-state index >= 15 is 0 Å². The molecule has 1 aliphatic heterocycles. The average Bonchev–Trinajstić information content (AvgIpc) is 2.94. The van der Waals surface area contributed by atoms with Gasteiger partial charge in [-0.25, -0.2) is 9.37 Å². The zero-order chi connectivity index (χ0) is 16.4. The smallest absolute Gasteiger partial charge is 0.267 e. The van der Waals surface area contributed by atoms with E-state index in [1.165, 1.54) is 29.5 Å². The van der Waals surface area contributed by atoms with Gasteiger partial charge in [-0.15, -0.1) is 11.3 Å². The Morgan fingerprint density at radius 2 is 2.35 bits per heavy atom. The molecule has 0 saturated carbocycles. The van der Waals surface area contributed by atoms with E-state index in [1.807, 2.05) is 6.92 Å². The van der Waals surface area contributed by atoms with Crippen molar-refractivity contribution in [2.24, 2.45) is 0 Å². The minimum atomic E-state index is -0.440. The number of benzene rings is 1. The molecule has 1 fully saturated rings. The summed E-state index contributed by atoms with van der Waals surface area (Å²) in [5.41, 5.74) is 7.08. The van der Waals surface area contributed by atoms with E-state index in [1.54, 1.807) is 0 Å². The van der Waals surface area contributed by atoms with Gasteiger partial charge in [-0.1, -0.05) is 0 Å². The lowest BCUT2D eigenvalue weighted by molar-refractivity contribution is 0.103. The third-order valence-electron chi connectivity index (χ3n) is 3.93. The number of thiazole rings is 1. The monoisotopic (exact) mass is 334 g/mol. The topological polar surface area (TPSA) is 80.0 Å². The summed E-state index contributed by atoms with van der Waals surface area (Å²) in [6, 6.07) is 3.91. The van der Waals surface area contributed by atoms with Crippen LogP contribution >= 0.6 is 11.3 Å². The average molecular weight is 334 g/mol. The number of nitrogens with one attached hydrogen (secondary N) is 2. The maximum Gasteiger partial charge on any atom is 0.267 e. The molecule has 23 heavy (non-hydrogen) atoms. The predicted octanol–water partition coefficient (Wildman–Crippen LogP) is 2.89. The molecule has 3 rings (SSSR count). The number of carbonyl (C=O) groups excluding carboxylic acids is 1. The molecule has 2 aromatic rings. The summed E-state index contributed by atoms with van der Waals surface area (Å²) in [5, 5.41) is 7.01. The Kier molecular flexibility index (Phi) is 4.58. The number of aryl methyl sites for hydroxylation is 1. The van der Waals surface area contributed by atoms with E-state index in [0.29, 0.717) is 22.2 Å². The summed E-state index contributed by atoms with van der Waals surface area (Å²) in [4.78, 5) is 17.6. The van der Waals surface area contributed by atoms with E-state index < -0.39 is 5.82 Å². The Morgan fingerprint density at radius 3 is 3.09 bits per heavy atom. The van der Waals surface area contributed by atoms with Crippen LogP contribution in [0.5, 0.6) is 0 Å². The van der Waals surface area contributed by atoms with Crippen molar-refractivity contribution in [1.29, 1.82) is 0 Å². The van der Waals surface area contributed by atoms with Gasteiger partial charge in [0, 0.05) is 12.5 Å². The van der Waals surface area contributed by atoms with Gasteiger partial charge in [0.15, 0.2) is 0 Å². The number of anilines is 2. The zero-order valence-electron chi connectivity index (χ0n) is 12.9. The number of nitrogen functional groups attached to an aromatic ring is 1. The van der Waals surface area contributed by atoms with Crippen molar-refractivity contribution in [3.8, 4) is 0 Å². The van der Waals surface area contributed by atoms with E-state index in [9.17, 15) is 9.18 Å². The molecule has 2 heterocycles. The van der Waals surface area contributed by atoms with E-state index in [-0.39, 0.29) is 11.6 Å². The van der Waals surface area contributed by atoms with E-state index in [0.717, 1.165) is 30.9 Å². The van der Waals surface area contributed by atoms with Gasteiger partial charge >= 0.3 is 0 Å². The van der Waals surface area contributed by atoms with Crippen molar-refractivity contribution < 1.29 is 9.18 Å². The van der Waals surface area contributed by atoms with Gasteiger partial charge in [-0.3, -0.25) is 4.79 Å². The van der Waals surface area contributed by atoms with Crippen LogP contribution in [-0.4, -0.2) is 24.0 Å². The lowest BCUT2D eigenvalue weighted by atomic mass is 10.0. The number of hydrogen-bond donors (Lipinski definition) is 3. The fourth-order valence-electron chi connectivity index (χ4n) is 2.68. The van der Waals surface area contributed by atoms with Crippen LogP contribution in [-0.2, 0) is 0 Å². The first-order valence-corrected chi connectivity index (χ1v) is 8.40. The minimum Gasteiger partial charge on any atom is -0.397 e. The standard InChI is InChI=1S/C16H19FN4OS/c1-9-14(23-16(20-9)10-3-2-6-19-8-10)15(22)21-13-7-11(17)4-5-12(13)18/h4-5,7,10,19H,2-3,6,8,18H2,1H3,(H,21,22). The van der Waals surface area contributed by atoms with Gasteiger partial charge in [0.1, 0.15) is 10.7 Å². The normalized spacial score (nSPS) is 17.9. The number of halogens is 1. The Hall–Kier alpha value is -1.99. The molecule has 122 valence electrons. The van der Waals surface area contributed by atoms with Crippen LogP contribution in [0, 0.1) is 12.7 Å². The van der Waals surface area contributed by atoms with E-state index in [2.05, 4.69) is 15.6 Å². The number of rotatable bonds is 3. The maximum absolute atomic E-state index is 13.3. The second-order valence-electron chi connectivity index (χ2n) is 5.70. The van der Waals surface area contributed by atoms with Crippen LogP contribution in [0.2, 0.25) is 0 Å². The molecular formula is C16H19FN4OS. The second kappa shape index (κ2) is 6.64.